The molecule has 1 aromatic carbocycles. The van der Waals surface area contributed by atoms with Crippen molar-refractivity contribution in [3.63, 3.8) is 0 Å². The molecule has 0 spiro atoms. The Morgan fingerprint density at radius 1 is 0.788 bits per heavy atom. The first-order valence-corrected chi connectivity index (χ1v) is 25.1. The molecule has 2 N–H and O–H groups in total. The lowest BCUT2D eigenvalue weighted by atomic mass is 9.33. The lowest BCUT2D eigenvalue weighted by Gasteiger charge is -2.72. The molecule has 9 atom stereocenters. The third kappa shape index (κ3) is 9.41. The van der Waals surface area contributed by atoms with E-state index in [0.717, 1.165) is 62.6 Å². The Hall–Kier alpha value is -3.28. The summed E-state index contributed by atoms with van der Waals surface area (Å²) in [7, 11) is 4.08. The number of likely N-dealkylation sites (N-methyl/N-ethyl adjacent to an activating group) is 1. The van der Waals surface area contributed by atoms with Crippen molar-refractivity contribution in [2.45, 2.75) is 166 Å². The van der Waals surface area contributed by atoms with Crippen LogP contribution < -0.4 is 0 Å². The van der Waals surface area contributed by atoms with Crippen LogP contribution >= 0.6 is 11.6 Å². The predicted octanol–water partition coefficient (Wildman–Crippen LogP) is 10.5. The smallest absolute Gasteiger partial charge is 0.309 e. The van der Waals surface area contributed by atoms with Crippen molar-refractivity contribution in [1.29, 1.82) is 0 Å². The first kappa shape index (κ1) is 52.1. The number of Topliss-reactive ketones (excluding diaryl/α,β-unsaturated/α-hetero) is 1. The molecule has 0 amide bonds. The van der Waals surface area contributed by atoms with Gasteiger partial charge in [0.25, 0.3) is 0 Å². The van der Waals surface area contributed by atoms with Gasteiger partial charge in [-0.3, -0.25) is 28.9 Å². The average molecular weight is 938 g/mol. The number of halogens is 1. The van der Waals surface area contributed by atoms with Crippen molar-refractivity contribution >= 4 is 41.3 Å². The van der Waals surface area contributed by atoms with Gasteiger partial charge in [0.1, 0.15) is 12.2 Å². The quantitative estimate of drug-likeness (QED) is 0.144. The van der Waals surface area contributed by atoms with Crippen LogP contribution in [0.1, 0.15) is 152 Å². The molecular weight excluding hydrogens is 856 g/mol. The molecule has 0 aliphatic heterocycles. The number of carbonyl (C=O) groups is 5. The summed E-state index contributed by atoms with van der Waals surface area (Å²) < 4.78 is 13.0. The Morgan fingerprint density at radius 2 is 1.39 bits per heavy atom. The Labute approximate surface area is 400 Å². The summed E-state index contributed by atoms with van der Waals surface area (Å²) >= 11 is 6.31. The Kier molecular flexibility index (Phi) is 14.7. The molecular formula is C54H81ClN2O9. The van der Waals surface area contributed by atoms with Crippen LogP contribution in [0, 0.1) is 61.6 Å². The van der Waals surface area contributed by atoms with Gasteiger partial charge >= 0.3 is 23.9 Å². The van der Waals surface area contributed by atoms with Gasteiger partial charge in [0.15, 0.2) is 5.78 Å². The number of esters is 2. The summed E-state index contributed by atoms with van der Waals surface area (Å²) in [6, 6.07) is 7.81. The number of nitrogens with zero attached hydrogens (tertiary/aromatic N) is 2. The van der Waals surface area contributed by atoms with Crippen LogP contribution in [0.5, 0.6) is 0 Å². The molecule has 5 aliphatic rings. The lowest BCUT2D eigenvalue weighted by Crippen LogP contribution is -2.66. The number of rotatable bonds is 17. The van der Waals surface area contributed by atoms with Crippen molar-refractivity contribution in [2.24, 2.45) is 61.6 Å². The molecule has 4 saturated carbocycles. The molecule has 0 unspecified atom stereocenters. The van der Waals surface area contributed by atoms with E-state index in [4.69, 9.17) is 21.1 Å². The van der Waals surface area contributed by atoms with Crippen molar-refractivity contribution in [1.82, 2.24) is 9.80 Å². The molecule has 1 aromatic rings. The van der Waals surface area contributed by atoms with Gasteiger partial charge in [0, 0.05) is 48.5 Å². The maximum Gasteiger partial charge on any atom is 0.309 e. The van der Waals surface area contributed by atoms with E-state index in [9.17, 15) is 34.2 Å². The highest BCUT2D eigenvalue weighted by atomic mass is 35.5. The summed E-state index contributed by atoms with van der Waals surface area (Å²) in [6.45, 7) is 24.9. The largest absolute Gasteiger partial charge is 0.481 e. The van der Waals surface area contributed by atoms with E-state index < -0.39 is 46.2 Å². The summed E-state index contributed by atoms with van der Waals surface area (Å²) in [4.78, 5) is 71.0. The number of allylic oxidation sites excluding steroid dienone is 1. The van der Waals surface area contributed by atoms with E-state index in [0.29, 0.717) is 37.0 Å². The molecule has 11 nitrogen and oxygen atoms in total. The van der Waals surface area contributed by atoms with E-state index in [-0.39, 0.29) is 70.6 Å². The van der Waals surface area contributed by atoms with Crippen LogP contribution in [0.2, 0.25) is 5.02 Å². The van der Waals surface area contributed by atoms with E-state index in [1.807, 2.05) is 38.4 Å². The fourth-order valence-corrected chi connectivity index (χ4v) is 14.6. The van der Waals surface area contributed by atoms with Gasteiger partial charge in [-0.2, -0.15) is 0 Å². The molecule has 12 heteroatoms. The fourth-order valence-electron chi connectivity index (χ4n) is 14.5. The lowest BCUT2D eigenvalue weighted by molar-refractivity contribution is -0.235. The van der Waals surface area contributed by atoms with Gasteiger partial charge in [-0.1, -0.05) is 72.2 Å². The van der Waals surface area contributed by atoms with Crippen molar-refractivity contribution < 1.29 is 43.7 Å². The number of hydrogen-bond acceptors (Lipinski definition) is 9. The van der Waals surface area contributed by atoms with E-state index in [2.05, 4.69) is 58.3 Å². The second-order valence-corrected chi connectivity index (χ2v) is 25.0. The molecule has 6 rings (SSSR count). The first-order chi connectivity index (χ1) is 30.4. The standard InChI is InChI=1S/C54H81ClN2O9/c1-33(2)44-37(58)28-54(41(66-43(60)30-49(5,6)47(63)64)32-57(27-26-56(12)13)31-34-14-16-35(55)17-15-34)25-24-52(10)36(45(44)54)18-19-39-51(9)22-21-40(65-42(59)29-48(3,4)46(61)62)50(7,8)38(51)20-23-53(39,52)11/h14-17,33,36,38-41H,18-32H2,1-13H3,(H,61,62)(H,63,64)/t36-,38+,39-,40+,41+,51+,52-,53-,54+/m1/s1. The Balaban J connectivity index is 1.38. The number of hydrogen-bond donors (Lipinski definition) is 2. The second-order valence-electron chi connectivity index (χ2n) is 24.6. The molecule has 368 valence electrons. The van der Waals surface area contributed by atoms with Crippen LogP contribution in [-0.4, -0.2) is 95.6 Å². The number of ketones is 1. The number of ether oxygens (including phenoxy) is 2. The highest BCUT2D eigenvalue weighted by Crippen LogP contribution is 2.77. The number of fused-ring (bicyclic) bond motifs is 7. The van der Waals surface area contributed by atoms with Gasteiger partial charge in [0.2, 0.25) is 0 Å². The number of carboxylic acids is 2. The van der Waals surface area contributed by atoms with Gasteiger partial charge in [-0.05, 0) is 162 Å². The third-order valence-electron chi connectivity index (χ3n) is 18.5. The van der Waals surface area contributed by atoms with E-state index in [1.54, 1.807) is 27.7 Å². The molecule has 4 fully saturated rings. The molecule has 5 aliphatic carbocycles. The maximum absolute atomic E-state index is 14.8. The van der Waals surface area contributed by atoms with Crippen LogP contribution in [-0.2, 0) is 40.0 Å². The highest BCUT2D eigenvalue weighted by molar-refractivity contribution is 6.30. The minimum atomic E-state index is -1.33. The minimum absolute atomic E-state index is 0.0309. The van der Waals surface area contributed by atoms with E-state index >= 15 is 0 Å². The molecule has 0 bridgehead atoms. The zero-order chi connectivity index (χ0) is 49.2. The summed E-state index contributed by atoms with van der Waals surface area (Å²) in [5.41, 5.74) is -0.739. The second kappa shape index (κ2) is 18.6. The highest BCUT2D eigenvalue weighted by Gasteiger charge is 2.71. The first-order valence-electron chi connectivity index (χ1n) is 24.7. The van der Waals surface area contributed by atoms with Crippen LogP contribution in [0.15, 0.2) is 35.4 Å². The maximum atomic E-state index is 14.8. The van der Waals surface area contributed by atoms with Crippen LogP contribution in [0.3, 0.4) is 0 Å². The normalized spacial score (nSPS) is 32.3. The van der Waals surface area contributed by atoms with Crippen molar-refractivity contribution in [3.8, 4) is 0 Å². The molecule has 0 heterocycles. The molecule has 0 saturated heterocycles. The average Bonchev–Trinajstić information content (AvgIpc) is 3.51. The number of carboxylic acid groups (broad SMARTS) is 2. The number of benzene rings is 1. The van der Waals surface area contributed by atoms with Gasteiger partial charge < -0.3 is 24.6 Å². The zero-order valence-electron chi connectivity index (χ0n) is 42.4. The van der Waals surface area contributed by atoms with Gasteiger partial charge in [-0.25, -0.2) is 0 Å². The van der Waals surface area contributed by atoms with Gasteiger partial charge in [0.05, 0.1) is 23.7 Å². The summed E-state index contributed by atoms with van der Waals surface area (Å²) in [5, 5.41) is 20.4. The SMILES string of the molecule is CC(C)C1=C2[C@H]3CC[C@@H]4[C@@]5(C)CC[C@H](OC(=O)CC(C)(C)C(=O)O)C(C)(C)[C@@H]5CC[C@@]4(C)[C@]3(C)CC[C@@]2([C@H](CN(CCN(C)C)Cc2ccc(Cl)cc2)OC(=O)CC(C)(C)C(=O)O)CC1=O. The summed E-state index contributed by atoms with van der Waals surface area (Å²) in [6.07, 6.45) is 5.84. The topological polar surface area (TPSA) is 151 Å². The number of carbonyl (C=O) groups excluding carboxylic acids is 3. The third-order valence-corrected chi connectivity index (χ3v) is 18.8. The van der Waals surface area contributed by atoms with Crippen LogP contribution in [0.25, 0.3) is 0 Å². The van der Waals surface area contributed by atoms with E-state index in [1.165, 1.54) is 5.57 Å². The molecule has 0 radical (unpaired) electrons. The van der Waals surface area contributed by atoms with Crippen LogP contribution in [0.4, 0.5) is 0 Å². The van der Waals surface area contributed by atoms with Gasteiger partial charge in [-0.15, -0.1) is 0 Å². The molecule has 0 aromatic heterocycles. The summed E-state index contributed by atoms with van der Waals surface area (Å²) in [5.74, 6) is -2.24. The zero-order valence-corrected chi connectivity index (χ0v) is 43.2. The fraction of sp³-hybridized carbons (Fsp3) is 0.759. The van der Waals surface area contributed by atoms with Crippen molar-refractivity contribution in [2.75, 3.05) is 33.7 Å². The Morgan fingerprint density at radius 3 is 1.97 bits per heavy atom. The predicted molar refractivity (Wildman–Crippen MR) is 257 cm³/mol. The minimum Gasteiger partial charge on any atom is -0.481 e. The molecule has 66 heavy (non-hydrogen) atoms. The Bertz CT molecular complexity index is 2080. The monoisotopic (exact) mass is 937 g/mol. The van der Waals surface area contributed by atoms with Crippen molar-refractivity contribution in [3.05, 3.63) is 46.0 Å². The number of aliphatic carboxylic acids is 2.